The van der Waals surface area contributed by atoms with Crippen LogP contribution in [0.25, 0.3) is 0 Å². The molecule has 0 spiro atoms. The first-order valence-electron chi connectivity index (χ1n) is 9.14. The van der Waals surface area contributed by atoms with Gasteiger partial charge in [0.2, 0.25) is 0 Å². The Bertz CT molecular complexity index is 1070. The Morgan fingerprint density at radius 3 is 2.62 bits per heavy atom. The number of rotatable bonds is 5. The van der Waals surface area contributed by atoms with Crippen molar-refractivity contribution in [2.45, 2.75) is 34.2 Å². The molecule has 0 bridgehead atoms. The number of thiocarbonyl (C=S) groups is 1. The number of methoxy groups -OCH3 is 1. The Morgan fingerprint density at radius 1 is 1.21 bits per heavy atom. The average molecular weight is 429 g/mol. The van der Waals surface area contributed by atoms with Crippen molar-refractivity contribution in [2.24, 2.45) is 0 Å². The molecule has 0 saturated heterocycles. The zero-order valence-corrected chi connectivity index (χ0v) is 18.8. The quantitative estimate of drug-likeness (QED) is 0.448. The molecule has 0 aliphatic heterocycles. The highest BCUT2D eigenvalue weighted by Crippen LogP contribution is 2.33. The van der Waals surface area contributed by atoms with Crippen LogP contribution in [0.3, 0.4) is 0 Å². The smallest absolute Gasteiger partial charge is 0.341 e. The van der Waals surface area contributed by atoms with E-state index in [4.69, 9.17) is 17.0 Å². The fourth-order valence-electron chi connectivity index (χ4n) is 3.08. The highest BCUT2D eigenvalue weighted by Gasteiger charge is 2.20. The van der Waals surface area contributed by atoms with Gasteiger partial charge in [-0.05, 0) is 69.2 Å². The number of nitrogens with zero attached hydrogens (tertiary/aromatic N) is 2. The molecule has 2 aromatic heterocycles. The Hall–Kier alpha value is -2.71. The van der Waals surface area contributed by atoms with Crippen LogP contribution >= 0.6 is 23.6 Å². The third-order valence-electron chi connectivity index (χ3n) is 4.62. The second-order valence-corrected chi connectivity index (χ2v) is 8.48. The molecule has 0 atom stereocenters. The van der Waals surface area contributed by atoms with Crippen LogP contribution < -0.4 is 10.6 Å². The first kappa shape index (κ1) is 21.0. The van der Waals surface area contributed by atoms with Gasteiger partial charge in [0.05, 0.1) is 24.9 Å². The number of hydrogen-bond acceptors (Lipinski definition) is 5. The first-order chi connectivity index (χ1) is 13.8. The summed E-state index contributed by atoms with van der Waals surface area (Å²) in [5, 5.41) is 11.9. The van der Waals surface area contributed by atoms with Crippen LogP contribution in [0.15, 0.2) is 30.3 Å². The molecule has 0 amide bonds. The highest BCUT2D eigenvalue weighted by atomic mass is 32.1. The molecule has 8 heteroatoms. The van der Waals surface area contributed by atoms with Gasteiger partial charge in [-0.25, -0.2) is 4.79 Å². The molecule has 3 aromatic rings. The van der Waals surface area contributed by atoms with Crippen LogP contribution in [-0.4, -0.2) is 28.0 Å². The molecule has 6 nitrogen and oxygen atoms in total. The lowest BCUT2D eigenvalue weighted by Gasteiger charge is -2.12. The monoisotopic (exact) mass is 428 g/mol. The van der Waals surface area contributed by atoms with Crippen LogP contribution in [0, 0.1) is 27.7 Å². The van der Waals surface area contributed by atoms with E-state index in [1.165, 1.54) is 18.4 Å². The summed E-state index contributed by atoms with van der Waals surface area (Å²) in [7, 11) is 1.38. The summed E-state index contributed by atoms with van der Waals surface area (Å²) in [6.45, 7) is 8.59. The van der Waals surface area contributed by atoms with Crippen molar-refractivity contribution in [3.05, 3.63) is 63.3 Å². The fraction of sp³-hybridized carbons (Fsp3) is 0.286. The minimum Gasteiger partial charge on any atom is -0.465 e. The van der Waals surface area contributed by atoms with Crippen LogP contribution in [0.4, 0.5) is 10.7 Å². The van der Waals surface area contributed by atoms with Crippen molar-refractivity contribution in [1.29, 1.82) is 0 Å². The van der Waals surface area contributed by atoms with E-state index >= 15 is 0 Å². The van der Waals surface area contributed by atoms with Gasteiger partial charge in [-0.1, -0.05) is 12.1 Å². The summed E-state index contributed by atoms with van der Waals surface area (Å²) in [5.41, 5.74) is 5.53. The van der Waals surface area contributed by atoms with E-state index in [2.05, 4.69) is 27.9 Å². The maximum atomic E-state index is 12.1. The number of aryl methyl sites for hydroxylation is 3. The van der Waals surface area contributed by atoms with E-state index in [0.717, 1.165) is 33.1 Å². The molecule has 29 heavy (non-hydrogen) atoms. The fourth-order valence-corrected chi connectivity index (χ4v) is 4.42. The van der Waals surface area contributed by atoms with E-state index in [9.17, 15) is 4.79 Å². The van der Waals surface area contributed by atoms with Crippen LogP contribution in [0.2, 0.25) is 0 Å². The Balaban J connectivity index is 1.73. The zero-order chi connectivity index (χ0) is 21.1. The number of aromatic nitrogens is 2. The molecule has 0 radical (unpaired) electrons. The van der Waals surface area contributed by atoms with Crippen molar-refractivity contribution in [3.63, 3.8) is 0 Å². The number of nitrogens with one attached hydrogen (secondary N) is 2. The molecule has 0 aliphatic carbocycles. The topological polar surface area (TPSA) is 68.2 Å². The normalized spacial score (nSPS) is 10.7. The minimum atomic E-state index is -0.371. The van der Waals surface area contributed by atoms with Crippen molar-refractivity contribution < 1.29 is 9.53 Å². The van der Waals surface area contributed by atoms with E-state index < -0.39 is 0 Å². The zero-order valence-electron chi connectivity index (χ0n) is 17.1. The number of hydrogen-bond donors (Lipinski definition) is 2. The van der Waals surface area contributed by atoms with Crippen molar-refractivity contribution in [3.8, 4) is 0 Å². The average Bonchev–Trinajstić information content (AvgIpc) is 3.12. The number of carbonyl (C=O) groups excluding carboxylic acids is 1. The molecule has 1 aromatic carbocycles. The first-order valence-corrected chi connectivity index (χ1v) is 10.4. The second kappa shape index (κ2) is 8.75. The molecule has 152 valence electrons. The van der Waals surface area contributed by atoms with Gasteiger partial charge in [0, 0.05) is 16.3 Å². The standard InChI is InChI=1S/C21H24N4O2S2/c1-12-9-13(2)25(24-12)11-16-7-6-8-17(10-16)22-21(28)23-19-18(20(26)27-5)14(3)15(4)29-19/h6-10H,11H2,1-5H3,(H2,22,23,28). The number of carbonyl (C=O) groups is 1. The Kier molecular flexibility index (Phi) is 6.34. The summed E-state index contributed by atoms with van der Waals surface area (Å²) in [5.74, 6) is -0.371. The second-order valence-electron chi connectivity index (χ2n) is 6.84. The molecule has 3 rings (SSSR count). The molecular formula is C21H24N4O2S2. The maximum absolute atomic E-state index is 12.1. The molecule has 0 fully saturated rings. The minimum absolute atomic E-state index is 0.371. The van der Waals surface area contributed by atoms with Crippen molar-refractivity contribution in [2.75, 3.05) is 17.7 Å². The molecular weight excluding hydrogens is 404 g/mol. The summed E-state index contributed by atoms with van der Waals surface area (Å²) in [6.07, 6.45) is 0. The Labute approximate surface area is 179 Å². The van der Waals surface area contributed by atoms with Gasteiger partial charge in [-0.15, -0.1) is 11.3 Å². The van der Waals surface area contributed by atoms with E-state index in [0.29, 0.717) is 22.2 Å². The molecule has 2 heterocycles. The number of anilines is 2. The Morgan fingerprint density at radius 2 is 1.97 bits per heavy atom. The van der Waals surface area contributed by atoms with Crippen LogP contribution in [-0.2, 0) is 11.3 Å². The van der Waals surface area contributed by atoms with Gasteiger partial charge in [0.15, 0.2) is 5.11 Å². The lowest BCUT2D eigenvalue weighted by molar-refractivity contribution is 0.0601. The van der Waals surface area contributed by atoms with E-state index in [-0.39, 0.29) is 5.97 Å². The van der Waals surface area contributed by atoms with Crippen LogP contribution in [0.1, 0.15) is 37.7 Å². The van der Waals surface area contributed by atoms with Crippen LogP contribution in [0.5, 0.6) is 0 Å². The van der Waals surface area contributed by atoms with Gasteiger partial charge in [-0.2, -0.15) is 5.10 Å². The molecule has 0 aliphatic rings. The predicted octanol–water partition coefficient (Wildman–Crippen LogP) is 4.82. The predicted molar refractivity (Wildman–Crippen MR) is 122 cm³/mol. The van der Waals surface area contributed by atoms with Gasteiger partial charge in [0.25, 0.3) is 0 Å². The van der Waals surface area contributed by atoms with Crippen molar-refractivity contribution >= 4 is 45.3 Å². The summed E-state index contributed by atoms with van der Waals surface area (Å²) in [6, 6.07) is 10.1. The number of ether oxygens (including phenoxy) is 1. The lowest BCUT2D eigenvalue weighted by atomic mass is 10.1. The third-order valence-corrected chi connectivity index (χ3v) is 5.95. The summed E-state index contributed by atoms with van der Waals surface area (Å²) >= 11 is 6.95. The summed E-state index contributed by atoms with van der Waals surface area (Å²) in [4.78, 5) is 13.2. The number of esters is 1. The number of benzene rings is 1. The largest absolute Gasteiger partial charge is 0.465 e. The number of thiophene rings is 1. The lowest BCUT2D eigenvalue weighted by Crippen LogP contribution is -2.20. The van der Waals surface area contributed by atoms with E-state index in [1.54, 1.807) is 0 Å². The van der Waals surface area contributed by atoms with Gasteiger partial charge in [-0.3, -0.25) is 4.68 Å². The van der Waals surface area contributed by atoms with Gasteiger partial charge in [0.1, 0.15) is 5.00 Å². The van der Waals surface area contributed by atoms with Gasteiger partial charge < -0.3 is 15.4 Å². The highest BCUT2D eigenvalue weighted by molar-refractivity contribution is 7.80. The third kappa shape index (κ3) is 4.83. The van der Waals surface area contributed by atoms with Gasteiger partial charge >= 0.3 is 5.97 Å². The molecule has 0 unspecified atom stereocenters. The van der Waals surface area contributed by atoms with E-state index in [1.807, 2.05) is 50.6 Å². The van der Waals surface area contributed by atoms with Crippen molar-refractivity contribution in [1.82, 2.24) is 9.78 Å². The SMILES string of the molecule is COC(=O)c1c(NC(=S)Nc2cccc(Cn3nc(C)cc3C)c2)sc(C)c1C. The molecule has 2 N–H and O–H groups in total. The molecule has 0 saturated carbocycles. The maximum Gasteiger partial charge on any atom is 0.341 e. The summed E-state index contributed by atoms with van der Waals surface area (Å²) < 4.78 is 6.89.